The highest BCUT2D eigenvalue weighted by molar-refractivity contribution is 5.94. The fraction of sp³-hybridized carbons (Fsp3) is 0.182. The van der Waals surface area contributed by atoms with Gasteiger partial charge in [-0.15, -0.1) is 6.42 Å². The summed E-state index contributed by atoms with van der Waals surface area (Å²) < 4.78 is 18.2. The van der Waals surface area contributed by atoms with Crippen molar-refractivity contribution in [1.82, 2.24) is 0 Å². The third-order valence-electron chi connectivity index (χ3n) is 1.64. The standard InChI is InChI=1S/C11H9FO2/c1-3-6-14-9-4-5-10(8(2)13)11(12)7-9/h1,4-5,7H,6H2,2H3. The van der Waals surface area contributed by atoms with Crippen LogP contribution in [0.4, 0.5) is 4.39 Å². The second kappa shape index (κ2) is 4.43. The van der Waals surface area contributed by atoms with Crippen molar-refractivity contribution in [2.75, 3.05) is 6.61 Å². The molecular weight excluding hydrogens is 183 g/mol. The van der Waals surface area contributed by atoms with Gasteiger partial charge in [0.2, 0.25) is 0 Å². The van der Waals surface area contributed by atoms with Gasteiger partial charge in [-0.05, 0) is 19.1 Å². The SMILES string of the molecule is C#CCOc1ccc(C(C)=O)c(F)c1. The van der Waals surface area contributed by atoms with Crippen molar-refractivity contribution in [3.05, 3.63) is 29.6 Å². The van der Waals surface area contributed by atoms with Crippen LogP contribution >= 0.6 is 0 Å². The maximum absolute atomic E-state index is 13.2. The Morgan fingerprint density at radius 3 is 2.86 bits per heavy atom. The Hall–Kier alpha value is -1.82. The molecule has 3 heteroatoms. The Bertz CT molecular complexity index is 391. The average Bonchev–Trinajstić information content (AvgIpc) is 2.14. The number of ether oxygens (including phenoxy) is 1. The molecule has 72 valence electrons. The van der Waals surface area contributed by atoms with E-state index in [-0.39, 0.29) is 18.0 Å². The van der Waals surface area contributed by atoms with E-state index in [1.54, 1.807) is 0 Å². The maximum atomic E-state index is 13.2. The number of carbonyl (C=O) groups is 1. The van der Waals surface area contributed by atoms with E-state index in [1.165, 1.54) is 19.1 Å². The van der Waals surface area contributed by atoms with Gasteiger partial charge < -0.3 is 4.74 Å². The fourth-order valence-corrected chi connectivity index (χ4v) is 0.996. The third-order valence-corrected chi connectivity index (χ3v) is 1.64. The van der Waals surface area contributed by atoms with Gasteiger partial charge in [-0.2, -0.15) is 0 Å². The van der Waals surface area contributed by atoms with E-state index in [2.05, 4.69) is 5.92 Å². The summed E-state index contributed by atoms with van der Waals surface area (Å²) in [5.41, 5.74) is 0.0538. The molecule has 1 aromatic rings. The third kappa shape index (κ3) is 2.33. The van der Waals surface area contributed by atoms with Gasteiger partial charge in [-0.25, -0.2) is 4.39 Å². The second-order valence-corrected chi connectivity index (χ2v) is 2.69. The number of rotatable bonds is 3. The number of hydrogen-bond donors (Lipinski definition) is 0. The number of Topliss-reactive ketones (excluding diaryl/α,β-unsaturated/α-hetero) is 1. The molecule has 0 aliphatic heterocycles. The van der Waals surface area contributed by atoms with Crippen molar-refractivity contribution in [3.8, 4) is 18.1 Å². The molecule has 0 saturated heterocycles. The van der Waals surface area contributed by atoms with Gasteiger partial charge in [0.1, 0.15) is 18.2 Å². The quantitative estimate of drug-likeness (QED) is 0.541. The van der Waals surface area contributed by atoms with Crippen LogP contribution in [0.1, 0.15) is 17.3 Å². The highest BCUT2D eigenvalue weighted by Gasteiger charge is 2.07. The molecule has 0 aromatic heterocycles. The van der Waals surface area contributed by atoms with Crippen LogP contribution in [0.5, 0.6) is 5.75 Å². The largest absolute Gasteiger partial charge is 0.481 e. The first kappa shape index (κ1) is 10.3. The van der Waals surface area contributed by atoms with Gasteiger partial charge in [0.15, 0.2) is 5.78 Å². The second-order valence-electron chi connectivity index (χ2n) is 2.69. The van der Waals surface area contributed by atoms with Crippen molar-refractivity contribution in [2.45, 2.75) is 6.92 Å². The lowest BCUT2D eigenvalue weighted by molar-refractivity contribution is 0.101. The first-order valence-electron chi connectivity index (χ1n) is 4.02. The van der Waals surface area contributed by atoms with E-state index in [4.69, 9.17) is 11.2 Å². The van der Waals surface area contributed by atoms with Crippen LogP contribution < -0.4 is 4.74 Å². The number of ketones is 1. The molecule has 2 nitrogen and oxygen atoms in total. The van der Waals surface area contributed by atoms with E-state index < -0.39 is 5.82 Å². The summed E-state index contributed by atoms with van der Waals surface area (Å²) in [6.07, 6.45) is 4.97. The highest BCUT2D eigenvalue weighted by Crippen LogP contribution is 2.16. The molecule has 0 heterocycles. The summed E-state index contributed by atoms with van der Waals surface area (Å²) in [4.78, 5) is 10.9. The van der Waals surface area contributed by atoms with Gasteiger partial charge >= 0.3 is 0 Å². The van der Waals surface area contributed by atoms with Crippen molar-refractivity contribution >= 4 is 5.78 Å². The van der Waals surface area contributed by atoms with E-state index >= 15 is 0 Å². The van der Waals surface area contributed by atoms with Gasteiger partial charge in [0, 0.05) is 6.07 Å². The molecule has 1 aromatic carbocycles. The van der Waals surface area contributed by atoms with E-state index in [1.807, 2.05) is 0 Å². The summed E-state index contributed by atoms with van der Waals surface area (Å²) in [6, 6.07) is 4.04. The van der Waals surface area contributed by atoms with Crippen molar-refractivity contribution < 1.29 is 13.9 Å². The molecule has 0 N–H and O–H groups in total. The zero-order valence-electron chi connectivity index (χ0n) is 7.71. The maximum Gasteiger partial charge on any atom is 0.162 e. The van der Waals surface area contributed by atoms with Gasteiger partial charge in [-0.1, -0.05) is 5.92 Å². The number of halogens is 1. The minimum Gasteiger partial charge on any atom is -0.481 e. The number of benzene rings is 1. The molecule has 0 aliphatic rings. The minimum atomic E-state index is -0.591. The summed E-state index contributed by atoms with van der Waals surface area (Å²) in [5.74, 6) is 1.68. The smallest absolute Gasteiger partial charge is 0.162 e. The summed E-state index contributed by atoms with van der Waals surface area (Å²) in [6.45, 7) is 1.39. The van der Waals surface area contributed by atoms with Gasteiger partial charge in [0.25, 0.3) is 0 Å². The first-order chi connectivity index (χ1) is 6.65. The molecular formula is C11H9FO2. The van der Waals surface area contributed by atoms with Crippen molar-refractivity contribution in [3.63, 3.8) is 0 Å². The Morgan fingerprint density at radius 1 is 1.64 bits per heavy atom. The van der Waals surface area contributed by atoms with E-state index in [9.17, 15) is 9.18 Å². The van der Waals surface area contributed by atoms with E-state index in [0.717, 1.165) is 6.07 Å². The predicted molar refractivity (Wildman–Crippen MR) is 50.7 cm³/mol. The van der Waals surface area contributed by atoms with Gasteiger partial charge in [0.05, 0.1) is 5.56 Å². The summed E-state index contributed by atoms with van der Waals surface area (Å²) in [5, 5.41) is 0. The predicted octanol–water partition coefficient (Wildman–Crippen LogP) is 2.04. The topological polar surface area (TPSA) is 26.3 Å². The van der Waals surface area contributed by atoms with Crippen LogP contribution in [-0.2, 0) is 0 Å². The van der Waals surface area contributed by atoms with E-state index in [0.29, 0.717) is 5.75 Å². The minimum absolute atomic E-state index is 0.0538. The molecule has 0 amide bonds. The molecule has 14 heavy (non-hydrogen) atoms. The molecule has 0 aliphatic carbocycles. The molecule has 0 fully saturated rings. The number of carbonyl (C=O) groups excluding carboxylic acids is 1. The van der Waals surface area contributed by atoms with Crippen LogP contribution in [0.15, 0.2) is 18.2 Å². The lowest BCUT2D eigenvalue weighted by Crippen LogP contribution is -1.99. The number of hydrogen-bond acceptors (Lipinski definition) is 2. The zero-order chi connectivity index (χ0) is 10.6. The molecule has 0 spiro atoms. The molecule has 0 bridgehead atoms. The Balaban J connectivity index is 2.90. The Morgan fingerprint density at radius 2 is 2.36 bits per heavy atom. The van der Waals surface area contributed by atoms with Crippen molar-refractivity contribution in [2.24, 2.45) is 0 Å². The molecule has 0 radical (unpaired) electrons. The Kier molecular flexibility index (Phi) is 3.24. The van der Waals surface area contributed by atoms with Crippen LogP contribution in [-0.4, -0.2) is 12.4 Å². The number of terminal acetylenes is 1. The monoisotopic (exact) mass is 192 g/mol. The molecule has 0 unspecified atom stereocenters. The van der Waals surface area contributed by atoms with Crippen LogP contribution in [0.3, 0.4) is 0 Å². The van der Waals surface area contributed by atoms with Crippen LogP contribution in [0, 0.1) is 18.2 Å². The normalized spacial score (nSPS) is 9.21. The van der Waals surface area contributed by atoms with Crippen LogP contribution in [0.25, 0.3) is 0 Å². The molecule has 0 atom stereocenters. The lowest BCUT2D eigenvalue weighted by atomic mass is 10.1. The summed E-state index contributed by atoms with van der Waals surface area (Å²) >= 11 is 0. The highest BCUT2D eigenvalue weighted by atomic mass is 19.1. The summed E-state index contributed by atoms with van der Waals surface area (Å²) in [7, 11) is 0. The molecule has 1 rings (SSSR count). The zero-order valence-corrected chi connectivity index (χ0v) is 7.71. The fourth-order valence-electron chi connectivity index (χ4n) is 0.996. The van der Waals surface area contributed by atoms with Crippen LogP contribution in [0.2, 0.25) is 0 Å². The molecule has 0 saturated carbocycles. The lowest BCUT2D eigenvalue weighted by Gasteiger charge is -2.03. The average molecular weight is 192 g/mol. The Labute approximate surface area is 81.7 Å². The first-order valence-corrected chi connectivity index (χ1v) is 4.02. The van der Waals surface area contributed by atoms with Gasteiger partial charge in [-0.3, -0.25) is 4.79 Å². The van der Waals surface area contributed by atoms with Crippen molar-refractivity contribution in [1.29, 1.82) is 0 Å².